The van der Waals surface area contributed by atoms with Crippen LogP contribution >= 0.6 is 7.91 Å². The van der Waals surface area contributed by atoms with Crippen LogP contribution in [0.5, 0.6) is 0 Å². The summed E-state index contributed by atoms with van der Waals surface area (Å²) in [5.74, 6) is 1.95. The topological polar surface area (TPSA) is 20.2 Å². The Labute approximate surface area is 103 Å². The van der Waals surface area contributed by atoms with E-state index in [-0.39, 0.29) is 6.10 Å². The molecule has 0 aromatic heterocycles. The van der Waals surface area contributed by atoms with Crippen LogP contribution in [-0.2, 0) is 0 Å². The van der Waals surface area contributed by atoms with Crippen LogP contribution in [0.3, 0.4) is 0 Å². The molecule has 0 spiro atoms. The maximum absolute atomic E-state index is 9.71. The van der Waals surface area contributed by atoms with Gasteiger partial charge >= 0.3 is 34.6 Å². The van der Waals surface area contributed by atoms with Crippen LogP contribution in [0.15, 0.2) is 0 Å². The second-order valence-corrected chi connectivity index (χ2v) is 4.39. The Balaban J connectivity index is 0.000000671. The molecule has 1 aliphatic carbocycles. The van der Waals surface area contributed by atoms with E-state index < -0.39 is 0 Å². The first-order valence-electron chi connectivity index (χ1n) is 5.17. The van der Waals surface area contributed by atoms with E-state index in [2.05, 4.69) is 20.8 Å². The van der Waals surface area contributed by atoms with E-state index in [0.29, 0.717) is 11.8 Å². The summed E-state index contributed by atoms with van der Waals surface area (Å²) in [4.78, 5) is 0. The third-order valence-corrected chi connectivity index (χ3v) is 2.99. The number of hydrogen-bond acceptors (Lipinski definition) is 1. The quantitative estimate of drug-likeness (QED) is 0.666. The predicted octanol–water partition coefficient (Wildman–Crippen LogP) is 2.75. The van der Waals surface area contributed by atoms with Crippen molar-refractivity contribution in [3.05, 3.63) is 0 Å². The van der Waals surface area contributed by atoms with E-state index in [9.17, 15) is 5.11 Å². The number of aliphatic hydroxyl groups excluding tert-OH is 1. The Morgan fingerprint density at radius 1 is 1.31 bits per heavy atom. The van der Waals surface area contributed by atoms with Gasteiger partial charge in [-0.05, 0) is 30.6 Å². The van der Waals surface area contributed by atoms with Gasteiger partial charge in [0.2, 0.25) is 0 Å². The zero-order valence-electron chi connectivity index (χ0n) is 9.26. The normalized spacial score (nSPS) is 34.0. The molecule has 3 unspecified atom stereocenters. The van der Waals surface area contributed by atoms with Gasteiger partial charge < -0.3 is 5.11 Å². The zero-order valence-corrected chi connectivity index (χ0v) is 12.0. The molecule has 0 saturated heterocycles. The molecule has 1 fully saturated rings. The molecule has 1 saturated carbocycles. The summed E-state index contributed by atoms with van der Waals surface area (Å²) >= 11 is 0.778. The van der Waals surface area contributed by atoms with Gasteiger partial charge in [0.15, 0.2) is 0 Å². The molecule has 13 heavy (non-hydrogen) atoms. The predicted molar refractivity (Wildman–Crippen MR) is 59.0 cm³/mol. The van der Waals surface area contributed by atoms with Gasteiger partial charge in [0.25, 0.3) is 0 Å². The summed E-state index contributed by atoms with van der Waals surface area (Å²) in [6, 6.07) is 0. The molecule has 1 nitrogen and oxygen atoms in total. The summed E-state index contributed by atoms with van der Waals surface area (Å²) in [5, 5.41) is 9.71. The van der Waals surface area contributed by atoms with Gasteiger partial charge in [-0.2, -0.15) is 0 Å². The van der Waals surface area contributed by atoms with Crippen molar-refractivity contribution in [2.45, 2.75) is 46.1 Å². The molecule has 0 aliphatic heterocycles. The number of rotatable bonds is 1. The molecule has 3 heteroatoms. The fraction of sp³-hybridized carbons (Fsp3) is 1.00. The molecule has 0 aromatic rings. The molecule has 1 rings (SSSR count). The van der Waals surface area contributed by atoms with Gasteiger partial charge in [-0.3, -0.25) is 0 Å². The summed E-state index contributed by atoms with van der Waals surface area (Å²) in [6.45, 7) is 6.66. The monoisotopic (exact) mass is 214 g/mol. The fourth-order valence-electron chi connectivity index (χ4n) is 2.15. The maximum atomic E-state index is 9.71. The first kappa shape index (κ1) is 14.2. The van der Waals surface area contributed by atoms with E-state index >= 15 is 0 Å². The number of halogens is 1. The average molecular weight is 215 g/mol. The summed E-state index contributed by atoms with van der Waals surface area (Å²) in [6.07, 6.45) is 3.52. The first-order valence-corrected chi connectivity index (χ1v) is 8.19. The second kappa shape index (κ2) is 7.53. The van der Waals surface area contributed by atoms with Gasteiger partial charge in [0, 0.05) is 0 Å². The van der Waals surface area contributed by atoms with Crippen molar-refractivity contribution >= 4 is 34.6 Å². The van der Waals surface area contributed by atoms with Gasteiger partial charge in [0.05, 0.1) is 6.10 Å². The third kappa shape index (κ3) is 5.03. The van der Waals surface area contributed by atoms with E-state index in [1.807, 2.05) is 0 Å². The number of hydrogen-bond donors (Lipinski definition) is 1. The minimum atomic E-state index is -0.0289. The van der Waals surface area contributed by atoms with E-state index in [0.717, 1.165) is 39.0 Å². The molecule has 74 valence electrons. The molecule has 0 amide bonds. The van der Waals surface area contributed by atoms with Gasteiger partial charge in [-0.25, -0.2) is 0 Å². The first-order chi connectivity index (χ1) is 6.11. The summed E-state index contributed by atoms with van der Waals surface area (Å²) in [5.41, 5.74) is 0. The molecular weight excluding hydrogens is 195 g/mol. The van der Waals surface area contributed by atoms with Crippen molar-refractivity contribution < 1.29 is 5.11 Å². The van der Waals surface area contributed by atoms with Crippen LogP contribution < -0.4 is 0 Å². The van der Waals surface area contributed by atoms with Gasteiger partial charge in [0.1, 0.15) is 0 Å². The van der Waals surface area contributed by atoms with Gasteiger partial charge in [-0.1, -0.05) is 27.2 Å². The SMILES string of the molecule is CC1CCC(C(C)C)C(O)C1.[Na][Cl]. The standard InChI is InChI=1S/C10H20O.ClH.Na/c1-7(2)9-5-4-8(3)6-10(9)11;;/h7-11H,4-6H2,1-3H3;1H;/q;;+1/p-1. The van der Waals surface area contributed by atoms with Gasteiger partial charge in [-0.15, -0.1) is 0 Å². The van der Waals surface area contributed by atoms with Crippen LogP contribution in [0.1, 0.15) is 40.0 Å². The molecule has 0 bridgehead atoms. The van der Waals surface area contributed by atoms with Crippen LogP contribution in [-0.4, -0.2) is 37.9 Å². The van der Waals surface area contributed by atoms with Crippen LogP contribution in [0, 0.1) is 17.8 Å². The molecule has 1 aliphatic rings. The molecule has 1 N–H and O–H groups in total. The van der Waals surface area contributed by atoms with Crippen molar-refractivity contribution in [2.24, 2.45) is 17.8 Å². The van der Waals surface area contributed by atoms with Crippen LogP contribution in [0.25, 0.3) is 0 Å². The fourth-order valence-corrected chi connectivity index (χ4v) is 2.15. The Hall–Kier alpha value is 1.25. The zero-order chi connectivity index (χ0) is 10.4. The van der Waals surface area contributed by atoms with E-state index in [4.69, 9.17) is 7.91 Å². The summed E-state index contributed by atoms with van der Waals surface area (Å²) in [7, 11) is 4.78. The van der Waals surface area contributed by atoms with E-state index in [1.165, 1.54) is 12.8 Å². The summed E-state index contributed by atoms with van der Waals surface area (Å²) < 4.78 is 0. The van der Waals surface area contributed by atoms with Crippen LogP contribution in [0.4, 0.5) is 0 Å². The average Bonchev–Trinajstić information content (AvgIpc) is 2.07. The van der Waals surface area contributed by atoms with E-state index in [1.54, 1.807) is 0 Å². The molecule has 0 radical (unpaired) electrons. The van der Waals surface area contributed by atoms with Crippen molar-refractivity contribution in [2.75, 3.05) is 0 Å². The van der Waals surface area contributed by atoms with Crippen molar-refractivity contribution in [3.8, 4) is 0 Å². The molecule has 0 aromatic carbocycles. The minimum absolute atomic E-state index is 0.0289. The van der Waals surface area contributed by atoms with Crippen molar-refractivity contribution in [1.82, 2.24) is 0 Å². The van der Waals surface area contributed by atoms with Crippen molar-refractivity contribution in [1.29, 1.82) is 0 Å². The third-order valence-electron chi connectivity index (χ3n) is 2.99. The Bertz CT molecular complexity index is 130. The Morgan fingerprint density at radius 2 is 1.85 bits per heavy atom. The Kier molecular flexibility index (Phi) is 8.25. The molecular formula is C10H20ClNaO. The Morgan fingerprint density at radius 3 is 2.23 bits per heavy atom. The molecule has 3 atom stereocenters. The second-order valence-electron chi connectivity index (χ2n) is 4.39. The molecule has 0 heterocycles. The van der Waals surface area contributed by atoms with Crippen LogP contribution in [0.2, 0.25) is 0 Å². The number of aliphatic hydroxyl groups is 1. The van der Waals surface area contributed by atoms with Crippen molar-refractivity contribution in [3.63, 3.8) is 0 Å².